The molecule has 0 saturated carbocycles. The van der Waals surface area contributed by atoms with Crippen LogP contribution in [0.3, 0.4) is 0 Å². The van der Waals surface area contributed by atoms with Gasteiger partial charge >= 0.3 is 11.9 Å². The number of rotatable bonds is 4. The molecule has 0 aliphatic heterocycles. The third-order valence-corrected chi connectivity index (χ3v) is 0.943. The average molecular weight is 184 g/mol. The summed E-state index contributed by atoms with van der Waals surface area (Å²) in [5.74, 6) is -2.15. The van der Waals surface area contributed by atoms with E-state index in [1.54, 1.807) is 0 Å². The van der Waals surface area contributed by atoms with Crippen molar-refractivity contribution in [3.05, 3.63) is 12.2 Å². The van der Waals surface area contributed by atoms with E-state index in [-0.39, 0.29) is 56.2 Å². The zero-order chi connectivity index (χ0) is 8.15. The van der Waals surface area contributed by atoms with Gasteiger partial charge in [0, 0.05) is 49.7 Å². The van der Waals surface area contributed by atoms with Crippen molar-refractivity contribution < 1.29 is 19.8 Å². The Morgan fingerprint density at radius 2 is 1.64 bits per heavy atom. The summed E-state index contributed by atoms with van der Waals surface area (Å²) < 4.78 is 0. The Hall–Kier alpha value is -0.0603. The van der Waals surface area contributed by atoms with E-state index in [0.29, 0.717) is 0 Å². The van der Waals surface area contributed by atoms with Gasteiger partial charge in [-0.1, -0.05) is 6.58 Å². The van der Waals surface area contributed by atoms with Gasteiger partial charge in [-0.2, -0.15) is 0 Å². The molecule has 0 rings (SSSR count). The van der Waals surface area contributed by atoms with Crippen LogP contribution < -0.4 is 0 Å². The predicted octanol–water partition coefficient (Wildman–Crippen LogP) is 0.111. The molecule has 4 nitrogen and oxygen atoms in total. The van der Waals surface area contributed by atoms with Gasteiger partial charge in [0.15, 0.2) is 0 Å². The molecule has 0 aromatic heterocycles. The Kier molecular flexibility index (Phi) is 8.16. The summed E-state index contributed by atoms with van der Waals surface area (Å²) in [6.45, 7) is 3.16. The second-order valence-corrected chi connectivity index (χ2v) is 1.80. The minimum Gasteiger partial charge on any atom is -0.481 e. The van der Waals surface area contributed by atoms with Gasteiger partial charge in [0.05, 0.1) is 0 Å². The van der Waals surface area contributed by atoms with Gasteiger partial charge < -0.3 is 10.2 Å². The molecule has 0 aromatic carbocycles. The SMILES string of the molecule is C=C(CCC(=O)O)C(=O)O.[Ca]. The molecule has 58 valence electrons. The van der Waals surface area contributed by atoms with Crippen molar-refractivity contribution in [2.75, 3.05) is 0 Å². The third kappa shape index (κ3) is 7.84. The third-order valence-electron chi connectivity index (χ3n) is 0.943. The largest absolute Gasteiger partial charge is 0.481 e. The van der Waals surface area contributed by atoms with E-state index in [4.69, 9.17) is 10.2 Å². The molecule has 2 radical (unpaired) electrons. The Morgan fingerprint density at radius 3 is 1.91 bits per heavy atom. The van der Waals surface area contributed by atoms with Crippen LogP contribution in [-0.2, 0) is 9.59 Å². The summed E-state index contributed by atoms with van der Waals surface area (Å²) in [5.41, 5.74) is -0.0672. The Bertz CT molecular complexity index is 175. The quantitative estimate of drug-likeness (QED) is 0.480. The van der Waals surface area contributed by atoms with Crippen molar-refractivity contribution >= 4 is 49.7 Å². The first-order valence-corrected chi connectivity index (χ1v) is 2.67. The van der Waals surface area contributed by atoms with Gasteiger partial charge in [-0.3, -0.25) is 4.79 Å². The average Bonchev–Trinajstić information content (AvgIpc) is 1.82. The monoisotopic (exact) mass is 184 g/mol. The fraction of sp³-hybridized carbons (Fsp3) is 0.333. The number of carboxylic acids is 2. The zero-order valence-corrected chi connectivity index (χ0v) is 8.25. The van der Waals surface area contributed by atoms with Crippen molar-refractivity contribution in [2.45, 2.75) is 12.8 Å². The molecule has 0 spiro atoms. The zero-order valence-electron chi connectivity index (χ0n) is 6.04. The predicted molar refractivity (Wildman–Crippen MR) is 39.4 cm³/mol. The van der Waals surface area contributed by atoms with Crippen LogP contribution in [0.1, 0.15) is 12.8 Å². The van der Waals surface area contributed by atoms with Crippen LogP contribution in [0.25, 0.3) is 0 Å². The Labute approximate surface area is 93.9 Å². The van der Waals surface area contributed by atoms with Crippen molar-refractivity contribution in [3.8, 4) is 0 Å². The number of hydrogen-bond acceptors (Lipinski definition) is 2. The number of carboxylic acid groups (broad SMARTS) is 2. The van der Waals surface area contributed by atoms with Crippen LogP contribution in [0, 0.1) is 0 Å². The molecule has 0 amide bonds. The molecule has 0 aliphatic rings. The second kappa shape index (κ2) is 6.64. The van der Waals surface area contributed by atoms with Gasteiger partial charge in [0.25, 0.3) is 0 Å². The molecule has 0 unspecified atom stereocenters. The summed E-state index contributed by atoms with van der Waals surface area (Å²) in [5, 5.41) is 16.3. The topological polar surface area (TPSA) is 74.6 Å². The van der Waals surface area contributed by atoms with E-state index in [0.717, 1.165) is 0 Å². The smallest absolute Gasteiger partial charge is 0.330 e. The molecule has 0 bridgehead atoms. The van der Waals surface area contributed by atoms with Gasteiger partial charge in [-0.25, -0.2) is 4.79 Å². The minimum absolute atomic E-state index is 0. The second-order valence-electron chi connectivity index (χ2n) is 1.80. The maximum absolute atomic E-state index is 10.0. The van der Waals surface area contributed by atoms with E-state index < -0.39 is 11.9 Å². The molecule has 0 fully saturated rings. The van der Waals surface area contributed by atoms with E-state index >= 15 is 0 Å². The van der Waals surface area contributed by atoms with Gasteiger partial charge in [-0.15, -0.1) is 0 Å². The van der Waals surface area contributed by atoms with Gasteiger partial charge in [-0.05, 0) is 6.42 Å². The van der Waals surface area contributed by atoms with Crippen LogP contribution in [0.5, 0.6) is 0 Å². The first-order chi connectivity index (χ1) is 4.54. The first-order valence-electron chi connectivity index (χ1n) is 2.67. The molecule has 11 heavy (non-hydrogen) atoms. The van der Waals surface area contributed by atoms with Crippen LogP contribution in [0.15, 0.2) is 12.2 Å². The van der Waals surface area contributed by atoms with E-state index in [1.807, 2.05) is 0 Å². The van der Waals surface area contributed by atoms with Crippen molar-refractivity contribution in [3.63, 3.8) is 0 Å². The van der Waals surface area contributed by atoms with Crippen molar-refractivity contribution in [1.29, 1.82) is 0 Å². The fourth-order valence-corrected chi connectivity index (χ4v) is 0.365. The van der Waals surface area contributed by atoms with Crippen LogP contribution >= 0.6 is 0 Å². The van der Waals surface area contributed by atoms with Crippen LogP contribution in [0.2, 0.25) is 0 Å². The molecule has 0 atom stereocenters. The van der Waals surface area contributed by atoms with E-state index in [1.165, 1.54) is 0 Å². The Morgan fingerprint density at radius 1 is 1.18 bits per heavy atom. The Balaban J connectivity index is 0. The molecule has 0 heterocycles. The van der Waals surface area contributed by atoms with Gasteiger partial charge in [0.2, 0.25) is 0 Å². The van der Waals surface area contributed by atoms with Crippen molar-refractivity contribution in [2.24, 2.45) is 0 Å². The van der Waals surface area contributed by atoms with Crippen molar-refractivity contribution in [1.82, 2.24) is 0 Å². The molecule has 0 aliphatic carbocycles. The number of hydrogen-bond donors (Lipinski definition) is 2. The molecule has 0 aromatic rings. The maximum atomic E-state index is 10.0. The molecular formula is C6H8CaO4. The maximum Gasteiger partial charge on any atom is 0.330 e. The molecular weight excluding hydrogens is 176 g/mol. The summed E-state index contributed by atoms with van der Waals surface area (Å²) in [6, 6.07) is 0. The summed E-state index contributed by atoms with van der Waals surface area (Å²) >= 11 is 0. The summed E-state index contributed by atoms with van der Waals surface area (Å²) in [6.07, 6.45) is -0.171. The normalized spacial score (nSPS) is 8.00. The summed E-state index contributed by atoms with van der Waals surface area (Å²) in [7, 11) is 0. The van der Waals surface area contributed by atoms with Crippen LogP contribution in [0.4, 0.5) is 0 Å². The number of aliphatic carboxylic acids is 2. The van der Waals surface area contributed by atoms with E-state index in [9.17, 15) is 9.59 Å². The van der Waals surface area contributed by atoms with Gasteiger partial charge in [0.1, 0.15) is 0 Å². The van der Waals surface area contributed by atoms with E-state index in [2.05, 4.69) is 6.58 Å². The fourth-order valence-electron chi connectivity index (χ4n) is 0.365. The molecule has 0 saturated heterocycles. The molecule has 5 heteroatoms. The first kappa shape index (κ1) is 13.5. The van der Waals surface area contributed by atoms with Crippen LogP contribution in [-0.4, -0.2) is 59.9 Å². The molecule has 2 N–H and O–H groups in total. The standard InChI is InChI=1S/C6H8O4.Ca/c1-4(6(9)10)2-3-5(7)8;/h1-3H2,(H,7,8)(H,9,10);. The summed E-state index contributed by atoms with van der Waals surface area (Å²) in [4.78, 5) is 19.9. The minimum atomic E-state index is -1.14. The number of carbonyl (C=O) groups is 2.